The van der Waals surface area contributed by atoms with Gasteiger partial charge in [-0.25, -0.2) is 9.78 Å². The van der Waals surface area contributed by atoms with Crippen LogP contribution in [0, 0.1) is 0 Å². The summed E-state index contributed by atoms with van der Waals surface area (Å²) in [4.78, 5) is 12.0. The minimum absolute atomic E-state index is 0.438. The maximum Gasteiger partial charge on any atom is 0.119 e. The van der Waals surface area contributed by atoms with Gasteiger partial charge in [-0.05, 0) is 31.2 Å². The predicted octanol–water partition coefficient (Wildman–Crippen LogP) is 1.44. The van der Waals surface area contributed by atoms with E-state index in [9.17, 15) is 0 Å². The van der Waals surface area contributed by atoms with E-state index in [4.69, 9.17) is 14.5 Å². The largest absolute Gasteiger partial charge is 0.491 e. The standard InChI is InChI=1S/C14H22N2O3/c1-2-18-19-12-11-17-14-5-3-13(4-6-14)16-9-7-15-8-10-16/h3-6,15H,2,7-12H2,1H3. The molecule has 0 aliphatic carbocycles. The lowest BCUT2D eigenvalue weighted by Crippen LogP contribution is -2.43. The van der Waals surface area contributed by atoms with Crippen molar-refractivity contribution in [1.29, 1.82) is 0 Å². The van der Waals surface area contributed by atoms with Crippen molar-refractivity contribution in [2.75, 3.05) is 50.9 Å². The highest BCUT2D eigenvalue weighted by Crippen LogP contribution is 2.19. The molecule has 1 heterocycles. The molecule has 0 unspecified atom stereocenters. The molecule has 5 heteroatoms. The zero-order chi connectivity index (χ0) is 13.3. The normalized spacial score (nSPS) is 15.5. The fourth-order valence-electron chi connectivity index (χ4n) is 2.01. The Bertz CT molecular complexity index is 350. The molecule has 0 atom stereocenters. The number of anilines is 1. The van der Waals surface area contributed by atoms with Gasteiger partial charge in [0.1, 0.15) is 19.0 Å². The Morgan fingerprint density at radius 3 is 2.47 bits per heavy atom. The first kappa shape index (κ1) is 14.1. The Morgan fingerprint density at radius 2 is 1.79 bits per heavy atom. The van der Waals surface area contributed by atoms with Gasteiger partial charge in [0.05, 0.1) is 6.61 Å². The van der Waals surface area contributed by atoms with Crippen molar-refractivity contribution < 1.29 is 14.5 Å². The predicted molar refractivity (Wildman–Crippen MR) is 74.6 cm³/mol. The molecule has 0 aromatic heterocycles. The number of hydrogen-bond acceptors (Lipinski definition) is 5. The molecular weight excluding hydrogens is 244 g/mol. The summed E-state index contributed by atoms with van der Waals surface area (Å²) in [6, 6.07) is 8.20. The highest BCUT2D eigenvalue weighted by molar-refractivity contribution is 5.49. The molecule has 0 amide bonds. The van der Waals surface area contributed by atoms with Crippen LogP contribution >= 0.6 is 0 Å². The molecule has 1 fully saturated rings. The van der Waals surface area contributed by atoms with Crippen LogP contribution in [0.25, 0.3) is 0 Å². The lowest BCUT2D eigenvalue weighted by atomic mass is 10.2. The molecular formula is C14H22N2O3. The topological polar surface area (TPSA) is 43.0 Å². The molecule has 19 heavy (non-hydrogen) atoms. The SMILES string of the molecule is CCOOCCOc1ccc(N2CCNCC2)cc1. The third-order valence-corrected chi connectivity index (χ3v) is 2.96. The summed E-state index contributed by atoms with van der Waals surface area (Å²) in [7, 11) is 0. The molecule has 2 rings (SSSR count). The van der Waals surface area contributed by atoms with Crippen LogP contribution in [0.15, 0.2) is 24.3 Å². The van der Waals surface area contributed by atoms with Crippen LogP contribution < -0.4 is 15.0 Å². The monoisotopic (exact) mass is 266 g/mol. The van der Waals surface area contributed by atoms with E-state index in [2.05, 4.69) is 22.3 Å². The third kappa shape index (κ3) is 4.70. The zero-order valence-corrected chi connectivity index (χ0v) is 11.4. The van der Waals surface area contributed by atoms with E-state index < -0.39 is 0 Å². The fourth-order valence-corrected chi connectivity index (χ4v) is 2.01. The highest BCUT2D eigenvalue weighted by atomic mass is 17.2. The minimum atomic E-state index is 0.438. The second kappa shape index (κ2) is 7.99. The molecule has 1 aliphatic rings. The van der Waals surface area contributed by atoms with E-state index in [0.717, 1.165) is 31.9 Å². The minimum Gasteiger partial charge on any atom is -0.491 e. The van der Waals surface area contributed by atoms with Crippen molar-refractivity contribution in [2.24, 2.45) is 0 Å². The van der Waals surface area contributed by atoms with Crippen LogP contribution in [0.5, 0.6) is 5.75 Å². The summed E-state index contributed by atoms with van der Waals surface area (Å²) in [5, 5.41) is 3.35. The number of rotatable bonds is 7. The Kier molecular flexibility index (Phi) is 5.94. The maximum absolute atomic E-state index is 5.56. The summed E-state index contributed by atoms with van der Waals surface area (Å²) in [5.74, 6) is 0.860. The van der Waals surface area contributed by atoms with Gasteiger partial charge in [0.2, 0.25) is 0 Å². The fraction of sp³-hybridized carbons (Fsp3) is 0.571. The van der Waals surface area contributed by atoms with Gasteiger partial charge in [-0.1, -0.05) is 0 Å². The number of piperazine rings is 1. The molecule has 1 aromatic carbocycles. The molecule has 0 radical (unpaired) electrons. The van der Waals surface area contributed by atoms with Crippen LogP contribution in [-0.2, 0) is 9.78 Å². The average molecular weight is 266 g/mol. The molecule has 1 aromatic rings. The Labute approximate surface area is 114 Å². The zero-order valence-electron chi connectivity index (χ0n) is 11.4. The Morgan fingerprint density at radius 1 is 1.05 bits per heavy atom. The van der Waals surface area contributed by atoms with Crippen molar-refractivity contribution in [3.63, 3.8) is 0 Å². The van der Waals surface area contributed by atoms with Gasteiger partial charge in [0.25, 0.3) is 0 Å². The van der Waals surface area contributed by atoms with Crippen molar-refractivity contribution in [2.45, 2.75) is 6.92 Å². The number of nitrogens with one attached hydrogen (secondary N) is 1. The molecule has 0 bridgehead atoms. The van der Waals surface area contributed by atoms with Gasteiger partial charge in [-0.2, -0.15) is 0 Å². The van der Waals surface area contributed by atoms with Crippen molar-refractivity contribution in [3.05, 3.63) is 24.3 Å². The lowest BCUT2D eigenvalue weighted by Gasteiger charge is -2.29. The van der Waals surface area contributed by atoms with Crippen LogP contribution in [0.1, 0.15) is 6.92 Å². The van der Waals surface area contributed by atoms with E-state index in [-0.39, 0.29) is 0 Å². The first-order valence-electron chi connectivity index (χ1n) is 6.83. The van der Waals surface area contributed by atoms with Crippen molar-refractivity contribution in [3.8, 4) is 5.75 Å². The van der Waals surface area contributed by atoms with E-state index in [0.29, 0.717) is 19.8 Å². The van der Waals surface area contributed by atoms with Gasteiger partial charge in [0.15, 0.2) is 0 Å². The molecule has 0 spiro atoms. The van der Waals surface area contributed by atoms with Gasteiger partial charge < -0.3 is 15.0 Å². The smallest absolute Gasteiger partial charge is 0.119 e. The summed E-state index contributed by atoms with van der Waals surface area (Å²) in [5.41, 5.74) is 1.25. The van der Waals surface area contributed by atoms with E-state index in [1.807, 2.05) is 19.1 Å². The number of benzene rings is 1. The van der Waals surface area contributed by atoms with Gasteiger partial charge in [-0.15, -0.1) is 0 Å². The molecule has 0 saturated carbocycles. The van der Waals surface area contributed by atoms with Crippen molar-refractivity contribution in [1.82, 2.24) is 5.32 Å². The quantitative estimate of drug-likeness (QED) is 0.459. The first-order valence-corrected chi connectivity index (χ1v) is 6.83. The van der Waals surface area contributed by atoms with Gasteiger partial charge in [0, 0.05) is 31.9 Å². The summed E-state index contributed by atoms with van der Waals surface area (Å²) in [6.07, 6.45) is 0. The summed E-state index contributed by atoms with van der Waals surface area (Å²) >= 11 is 0. The van der Waals surface area contributed by atoms with E-state index >= 15 is 0 Å². The van der Waals surface area contributed by atoms with Crippen LogP contribution in [0.4, 0.5) is 5.69 Å². The second-order valence-corrected chi connectivity index (χ2v) is 4.31. The number of ether oxygens (including phenoxy) is 1. The van der Waals surface area contributed by atoms with Crippen LogP contribution in [0.3, 0.4) is 0 Å². The Hall–Kier alpha value is -1.30. The first-order chi connectivity index (χ1) is 9.40. The molecule has 106 valence electrons. The maximum atomic E-state index is 5.56. The number of hydrogen-bond donors (Lipinski definition) is 1. The molecule has 1 N–H and O–H groups in total. The van der Waals surface area contributed by atoms with Crippen LogP contribution in [0.2, 0.25) is 0 Å². The van der Waals surface area contributed by atoms with E-state index in [1.165, 1.54) is 5.69 Å². The van der Waals surface area contributed by atoms with Gasteiger partial charge in [-0.3, -0.25) is 0 Å². The van der Waals surface area contributed by atoms with E-state index in [1.54, 1.807) is 0 Å². The number of nitrogens with zero attached hydrogens (tertiary/aromatic N) is 1. The molecule has 1 aliphatic heterocycles. The lowest BCUT2D eigenvalue weighted by molar-refractivity contribution is -0.293. The van der Waals surface area contributed by atoms with Crippen LogP contribution in [-0.4, -0.2) is 46.0 Å². The summed E-state index contributed by atoms with van der Waals surface area (Å²) < 4.78 is 5.56. The molecule has 1 saturated heterocycles. The van der Waals surface area contributed by atoms with Crippen molar-refractivity contribution >= 4 is 5.69 Å². The highest BCUT2D eigenvalue weighted by Gasteiger charge is 2.09. The third-order valence-electron chi connectivity index (χ3n) is 2.96. The summed E-state index contributed by atoms with van der Waals surface area (Å²) in [6.45, 7) is 7.58. The second-order valence-electron chi connectivity index (χ2n) is 4.31. The average Bonchev–Trinajstić information content (AvgIpc) is 2.49. The Balaban J connectivity index is 1.74. The molecule has 5 nitrogen and oxygen atoms in total. The van der Waals surface area contributed by atoms with Gasteiger partial charge >= 0.3 is 0 Å².